The van der Waals surface area contributed by atoms with E-state index >= 15 is 0 Å². The lowest BCUT2D eigenvalue weighted by molar-refractivity contribution is -0.255. The third-order valence-electron chi connectivity index (χ3n) is 3.79. The van der Waals surface area contributed by atoms with Crippen LogP contribution < -0.4 is 10.4 Å². The van der Waals surface area contributed by atoms with Crippen molar-refractivity contribution in [2.24, 2.45) is 0 Å². The molecule has 6 nitrogen and oxygen atoms in total. The van der Waals surface area contributed by atoms with E-state index in [2.05, 4.69) is 5.32 Å². The smallest absolute Gasteiger partial charge is 0.266 e. The number of carbonyl (C=O) groups is 2. The molecular weight excluding hydrogens is 380 g/mol. The summed E-state index contributed by atoms with van der Waals surface area (Å²) in [6.07, 6.45) is 1.32. The zero-order valence-corrected chi connectivity index (χ0v) is 15.1. The summed E-state index contributed by atoms with van der Waals surface area (Å²) >= 11 is 5.86. The van der Waals surface area contributed by atoms with E-state index in [4.69, 9.17) is 16.0 Å². The van der Waals surface area contributed by atoms with Crippen LogP contribution in [-0.2, 0) is 4.79 Å². The van der Waals surface area contributed by atoms with E-state index in [-0.39, 0.29) is 11.1 Å². The van der Waals surface area contributed by atoms with Gasteiger partial charge in [0.1, 0.15) is 23.2 Å². The number of anilines is 1. The van der Waals surface area contributed by atoms with Gasteiger partial charge in [-0.2, -0.15) is 5.26 Å². The maximum Gasteiger partial charge on any atom is 0.266 e. The SMILES string of the molecule is N#C/C(=C\c1ccc(-c2ccc(Cl)cc2)o1)C(=O)Nc1ccc(C(=O)[O-])cc1. The highest BCUT2D eigenvalue weighted by Gasteiger charge is 2.12. The second-order valence-corrected chi connectivity index (χ2v) is 6.13. The van der Waals surface area contributed by atoms with E-state index in [1.807, 2.05) is 6.07 Å². The molecule has 0 radical (unpaired) electrons. The van der Waals surface area contributed by atoms with Gasteiger partial charge in [0, 0.05) is 22.3 Å². The minimum atomic E-state index is -1.32. The Labute approximate surface area is 165 Å². The number of amides is 1. The van der Waals surface area contributed by atoms with Gasteiger partial charge < -0.3 is 19.6 Å². The quantitative estimate of drug-likeness (QED) is 0.529. The van der Waals surface area contributed by atoms with Crippen molar-refractivity contribution in [1.29, 1.82) is 5.26 Å². The zero-order chi connectivity index (χ0) is 20.1. The Morgan fingerprint density at radius 1 is 1.04 bits per heavy atom. The molecule has 0 saturated carbocycles. The fraction of sp³-hybridized carbons (Fsp3) is 0. The Bertz CT molecular complexity index is 1090. The van der Waals surface area contributed by atoms with Crippen molar-refractivity contribution in [3.8, 4) is 17.4 Å². The molecule has 1 heterocycles. The highest BCUT2D eigenvalue weighted by atomic mass is 35.5. The van der Waals surface area contributed by atoms with E-state index < -0.39 is 11.9 Å². The molecule has 0 atom stereocenters. The molecule has 0 aliphatic rings. The van der Waals surface area contributed by atoms with Crippen molar-refractivity contribution >= 4 is 35.2 Å². The van der Waals surface area contributed by atoms with Crippen LogP contribution in [0.25, 0.3) is 17.4 Å². The van der Waals surface area contributed by atoms with Crippen molar-refractivity contribution in [2.75, 3.05) is 5.32 Å². The molecule has 1 amide bonds. The Kier molecular flexibility index (Phi) is 5.58. The van der Waals surface area contributed by atoms with Crippen LogP contribution in [0.4, 0.5) is 5.69 Å². The molecule has 0 saturated heterocycles. The number of rotatable bonds is 5. The van der Waals surface area contributed by atoms with Crippen LogP contribution in [0.3, 0.4) is 0 Å². The number of nitrogens with zero attached hydrogens (tertiary/aromatic N) is 1. The second kappa shape index (κ2) is 8.25. The first-order chi connectivity index (χ1) is 13.5. The summed E-state index contributed by atoms with van der Waals surface area (Å²) in [6.45, 7) is 0. The summed E-state index contributed by atoms with van der Waals surface area (Å²) in [5.41, 5.74) is 0.970. The molecule has 1 N–H and O–H groups in total. The molecule has 0 fully saturated rings. The number of carboxylic acids is 1. The Morgan fingerprint density at radius 3 is 2.32 bits per heavy atom. The molecule has 3 aromatic rings. The standard InChI is InChI=1S/C21H13ClN2O4/c22-16-5-1-13(2-6-16)19-10-9-18(28-19)11-15(12-23)20(25)24-17-7-3-14(4-8-17)21(26)27/h1-11H,(H,24,25)(H,26,27)/p-1/b15-11+. The van der Waals surface area contributed by atoms with Gasteiger partial charge in [0.05, 0.1) is 5.97 Å². The number of carbonyl (C=O) groups excluding carboxylic acids is 2. The summed E-state index contributed by atoms with van der Waals surface area (Å²) in [6, 6.07) is 17.6. The van der Waals surface area contributed by atoms with Crippen LogP contribution in [-0.4, -0.2) is 11.9 Å². The largest absolute Gasteiger partial charge is 0.545 e. The lowest BCUT2D eigenvalue weighted by atomic mass is 10.2. The number of nitriles is 1. The summed E-state index contributed by atoms with van der Waals surface area (Å²) in [4.78, 5) is 23.0. The van der Waals surface area contributed by atoms with Crippen molar-refractivity contribution in [2.45, 2.75) is 0 Å². The first-order valence-electron chi connectivity index (χ1n) is 8.06. The molecular formula is C21H12ClN2O4-. The molecule has 0 unspecified atom stereocenters. The van der Waals surface area contributed by atoms with E-state index in [9.17, 15) is 20.0 Å². The number of aromatic carboxylic acids is 1. The van der Waals surface area contributed by atoms with E-state index in [1.54, 1.807) is 36.4 Å². The molecule has 3 rings (SSSR count). The van der Waals surface area contributed by atoms with Gasteiger partial charge in [0.25, 0.3) is 5.91 Å². The molecule has 7 heteroatoms. The fourth-order valence-corrected chi connectivity index (χ4v) is 2.50. The minimum absolute atomic E-state index is 0.0145. The molecule has 0 aliphatic carbocycles. The maximum atomic E-state index is 12.3. The molecule has 138 valence electrons. The third-order valence-corrected chi connectivity index (χ3v) is 4.04. The lowest BCUT2D eigenvalue weighted by Crippen LogP contribution is -2.22. The zero-order valence-electron chi connectivity index (χ0n) is 14.3. The normalized spacial score (nSPS) is 10.9. The molecule has 0 aliphatic heterocycles. The van der Waals surface area contributed by atoms with Crippen LogP contribution in [0.2, 0.25) is 5.02 Å². The summed E-state index contributed by atoms with van der Waals surface area (Å²) in [5, 5.41) is 23.2. The summed E-state index contributed by atoms with van der Waals surface area (Å²) in [7, 11) is 0. The monoisotopic (exact) mass is 391 g/mol. The summed E-state index contributed by atoms with van der Waals surface area (Å²) < 4.78 is 5.66. The van der Waals surface area contributed by atoms with E-state index in [0.717, 1.165) is 5.56 Å². The molecule has 0 spiro atoms. The predicted octanol–water partition coefficient (Wildman–Crippen LogP) is 3.51. The van der Waals surface area contributed by atoms with Crippen molar-refractivity contribution < 1.29 is 19.1 Å². The van der Waals surface area contributed by atoms with Crippen LogP contribution >= 0.6 is 11.6 Å². The molecule has 1 aromatic heterocycles. The minimum Gasteiger partial charge on any atom is -0.545 e. The first kappa shape index (κ1) is 19.0. The van der Waals surface area contributed by atoms with Crippen molar-refractivity contribution in [3.05, 3.63) is 82.6 Å². The number of furan rings is 1. The second-order valence-electron chi connectivity index (χ2n) is 5.70. The molecule has 0 bridgehead atoms. The molecule has 2 aromatic carbocycles. The van der Waals surface area contributed by atoms with Gasteiger partial charge in [-0.25, -0.2) is 0 Å². The lowest BCUT2D eigenvalue weighted by Gasteiger charge is -2.06. The van der Waals surface area contributed by atoms with Crippen molar-refractivity contribution in [3.63, 3.8) is 0 Å². The maximum absolute atomic E-state index is 12.3. The Balaban J connectivity index is 1.76. The van der Waals surface area contributed by atoms with Crippen molar-refractivity contribution in [1.82, 2.24) is 0 Å². The molecule has 28 heavy (non-hydrogen) atoms. The third kappa shape index (κ3) is 4.47. The van der Waals surface area contributed by atoms with Gasteiger partial charge in [-0.05, 0) is 54.1 Å². The van der Waals surface area contributed by atoms with E-state index in [0.29, 0.717) is 22.2 Å². The first-order valence-corrected chi connectivity index (χ1v) is 8.44. The Morgan fingerprint density at radius 2 is 1.71 bits per heavy atom. The highest BCUT2D eigenvalue weighted by molar-refractivity contribution is 6.30. The van der Waals surface area contributed by atoms with Gasteiger partial charge >= 0.3 is 0 Å². The van der Waals surface area contributed by atoms with Crippen LogP contribution in [0.1, 0.15) is 16.1 Å². The number of hydrogen-bond donors (Lipinski definition) is 1. The van der Waals surface area contributed by atoms with Crippen LogP contribution in [0.5, 0.6) is 0 Å². The average molecular weight is 392 g/mol. The van der Waals surface area contributed by atoms with E-state index in [1.165, 1.54) is 30.3 Å². The Hall–Kier alpha value is -3.82. The number of halogens is 1. The van der Waals surface area contributed by atoms with Gasteiger partial charge in [-0.15, -0.1) is 0 Å². The fourth-order valence-electron chi connectivity index (χ4n) is 2.38. The van der Waals surface area contributed by atoms with Gasteiger partial charge in [0.15, 0.2) is 0 Å². The van der Waals surface area contributed by atoms with Crippen LogP contribution in [0.15, 0.2) is 70.7 Å². The summed E-state index contributed by atoms with van der Waals surface area (Å²) in [5.74, 6) is -1.06. The number of nitrogens with one attached hydrogen (secondary N) is 1. The average Bonchev–Trinajstić information content (AvgIpc) is 3.15. The number of carboxylic acid groups (broad SMARTS) is 1. The topological polar surface area (TPSA) is 106 Å². The van der Waals surface area contributed by atoms with Gasteiger partial charge in [-0.1, -0.05) is 23.7 Å². The number of hydrogen-bond acceptors (Lipinski definition) is 5. The highest BCUT2D eigenvalue weighted by Crippen LogP contribution is 2.25. The van der Waals surface area contributed by atoms with Gasteiger partial charge in [0.2, 0.25) is 0 Å². The van der Waals surface area contributed by atoms with Gasteiger partial charge in [-0.3, -0.25) is 4.79 Å². The predicted molar refractivity (Wildman–Crippen MR) is 102 cm³/mol. The van der Waals surface area contributed by atoms with Crippen LogP contribution in [0, 0.1) is 11.3 Å². The number of benzene rings is 2.